The molecule has 0 radical (unpaired) electrons. The van der Waals surface area contributed by atoms with Crippen LogP contribution in [0.1, 0.15) is 321 Å². The van der Waals surface area contributed by atoms with Crippen LogP contribution in [0, 0.1) is 40.4 Å². The van der Waals surface area contributed by atoms with E-state index in [4.69, 9.17) is 51.0 Å². The monoisotopic (exact) mass is 1920 g/mol. The predicted octanol–water partition coefficient (Wildman–Crippen LogP) is 17.6. The number of aryl methyl sites for hydroxylation is 5. The molecule has 10 aromatic heterocycles. The largest absolute Gasteiger partial charge is 0.450 e. The number of likely N-dealkylation sites (tertiary alicyclic amines) is 1. The number of oxime groups is 5. The molecule has 0 aromatic carbocycles. The topological polar surface area (TPSA) is 517 Å². The summed E-state index contributed by atoms with van der Waals surface area (Å²) in [7, 11) is 0. The molecule has 7 aliphatic carbocycles. The van der Waals surface area contributed by atoms with E-state index in [0.29, 0.717) is 138 Å². The van der Waals surface area contributed by atoms with E-state index in [1.54, 1.807) is 11.8 Å². The van der Waals surface area contributed by atoms with Crippen LogP contribution in [0.15, 0.2) is 126 Å². The van der Waals surface area contributed by atoms with E-state index in [1.165, 1.54) is 101 Å². The Labute approximate surface area is 800 Å². The molecule has 7 saturated carbocycles. The van der Waals surface area contributed by atoms with Gasteiger partial charge in [0, 0.05) is 62.2 Å². The van der Waals surface area contributed by atoms with Crippen molar-refractivity contribution >= 4 is 90.2 Å². The molecule has 0 bridgehead atoms. The van der Waals surface area contributed by atoms with Crippen LogP contribution in [0.25, 0.3) is 55.5 Å². The van der Waals surface area contributed by atoms with Gasteiger partial charge < -0.3 is 55.9 Å². The van der Waals surface area contributed by atoms with Crippen LogP contribution < -0.4 is 80.1 Å². The number of amides is 1. The van der Waals surface area contributed by atoms with Gasteiger partial charge in [0.05, 0.1) is 35.2 Å². The zero-order valence-electron chi connectivity index (χ0n) is 81.3. The Balaban J connectivity index is 0.000000139. The van der Waals surface area contributed by atoms with Gasteiger partial charge in [-0.3, -0.25) is 48.9 Å². The lowest BCUT2D eigenvalue weighted by Crippen LogP contribution is -2.39. The van der Waals surface area contributed by atoms with Gasteiger partial charge in [-0.25, -0.2) is 28.8 Å². The molecule has 11 heterocycles. The van der Waals surface area contributed by atoms with Crippen molar-refractivity contribution in [3.63, 3.8) is 0 Å². The number of ether oxygens (including phenoxy) is 1. The highest BCUT2D eigenvalue weighted by molar-refractivity contribution is 5.90. The zero-order valence-corrected chi connectivity index (χ0v) is 81.3. The quantitative estimate of drug-likeness (QED) is 0.0284. The molecule has 18 rings (SSSR count). The molecule has 2 atom stereocenters. The normalized spacial score (nSPS) is 17.5. The molecule has 139 heavy (non-hydrogen) atoms. The highest BCUT2D eigenvalue weighted by Crippen LogP contribution is 2.40. The van der Waals surface area contributed by atoms with Gasteiger partial charge in [0.25, 0.3) is 27.8 Å². The first-order valence-electron chi connectivity index (χ1n) is 49.8. The summed E-state index contributed by atoms with van der Waals surface area (Å²) in [5.74, 6) is 3.21. The van der Waals surface area contributed by atoms with E-state index in [2.05, 4.69) is 131 Å². The molecule has 1 saturated heterocycles. The van der Waals surface area contributed by atoms with E-state index >= 15 is 0 Å². The summed E-state index contributed by atoms with van der Waals surface area (Å²) in [5.41, 5.74) is 3.83. The number of carbonyl (C=O) groups excluding carboxylic acids is 1. The van der Waals surface area contributed by atoms with Gasteiger partial charge in [0.15, 0.2) is 0 Å². The molecule has 38 heteroatoms. The van der Waals surface area contributed by atoms with Crippen molar-refractivity contribution in [1.29, 1.82) is 0 Å². The molecule has 1 aliphatic heterocycles. The molecular formula is C101H130N16O22. The number of hydrogen-bond donors (Lipinski definition) is 5. The molecule has 2 unspecified atom stereocenters. The first-order valence-corrected chi connectivity index (χ1v) is 49.8. The molecule has 8 aliphatic rings. The third-order valence-corrected chi connectivity index (χ3v) is 26.4. The van der Waals surface area contributed by atoms with E-state index in [9.17, 15) is 52.7 Å². The van der Waals surface area contributed by atoms with Gasteiger partial charge in [-0.2, -0.15) is 24.9 Å². The third kappa shape index (κ3) is 29.8. The van der Waals surface area contributed by atoms with Gasteiger partial charge >= 0.3 is 64.3 Å². The van der Waals surface area contributed by atoms with Gasteiger partial charge in [0.2, 0.25) is 28.6 Å². The van der Waals surface area contributed by atoms with Crippen molar-refractivity contribution in [3.8, 4) is 30.1 Å². The Morgan fingerprint density at radius 1 is 0.381 bits per heavy atom. The van der Waals surface area contributed by atoms with Gasteiger partial charge in [-0.15, -0.1) is 0 Å². The number of aromatic amines is 5. The number of fused-ring (bicyclic) bond motifs is 6. The number of piperidine rings is 1. The van der Waals surface area contributed by atoms with Crippen LogP contribution in [-0.4, -0.2) is 109 Å². The second-order valence-electron chi connectivity index (χ2n) is 40.4. The molecule has 746 valence electrons. The second kappa shape index (κ2) is 48.1. The van der Waals surface area contributed by atoms with Gasteiger partial charge in [0.1, 0.15) is 26.9 Å². The third-order valence-electron chi connectivity index (χ3n) is 26.4. The molecular weight excluding hydrogens is 1790 g/mol. The number of H-pyrrole nitrogens is 5. The van der Waals surface area contributed by atoms with E-state index in [1.807, 2.05) is 0 Å². The molecule has 10 aromatic rings. The summed E-state index contributed by atoms with van der Waals surface area (Å²) in [4.78, 5) is 196. The summed E-state index contributed by atoms with van der Waals surface area (Å²) < 4.78 is 30.7. The van der Waals surface area contributed by atoms with Gasteiger partial charge in [-0.1, -0.05) is 152 Å². The second-order valence-corrected chi connectivity index (χ2v) is 40.4. The Kier molecular flexibility index (Phi) is 35.3. The Morgan fingerprint density at radius 2 is 0.712 bits per heavy atom. The number of rotatable bonds is 28. The fourth-order valence-electron chi connectivity index (χ4n) is 18.8. The van der Waals surface area contributed by atoms with Crippen molar-refractivity contribution in [2.45, 2.75) is 326 Å². The average Bonchev–Trinajstić information content (AvgIpc) is 1.44. The molecule has 0 spiro atoms. The predicted molar refractivity (Wildman–Crippen MR) is 526 cm³/mol. The Bertz CT molecular complexity index is 6790. The SMILES string of the molecule is CC(C)(C)CCCc1cc(=O)oc2nc(ON=C3CCCC3)[nH]c(=O)c12.CC(C)(C)CCCc1cc(=O)oc2nc(ON=C3CCCCC3)[nH]c(=O)c12.CCOC(=O)N1CCC(=NOc2nc3oc(=O)cc(CCCC(C)C)c3c(=O)[nH]2)CC1.O=c1cc(CCC2CCCC2)c2c(=O)[nH]c(ON=C3CCC3)nc2o1.O=c1cc(CCCC2CC2)c2c(=O)[nH]c(O/N=C3\CCCC4CCCCC34)nc2o1. The first kappa shape index (κ1) is 102. The molecule has 1 amide bonds. The van der Waals surface area contributed by atoms with Crippen molar-refractivity contribution in [2.75, 3.05) is 19.7 Å². The van der Waals surface area contributed by atoms with Crippen LogP contribution in [0.5, 0.6) is 30.1 Å². The van der Waals surface area contributed by atoms with Crippen LogP contribution >= 0.6 is 0 Å². The van der Waals surface area contributed by atoms with E-state index in [0.717, 1.165) is 182 Å². The van der Waals surface area contributed by atoms with Crippen LogP contribution in [0.4, 0.5) is 4.79 Å². The fraction of sp³-hybridized carbons (Fsp3) is 0.594. The Hall–Kier alpha value is -12.9. The lowest BCUT2D eigenvalue weighted by Gasteiger charge is -2.35. The van der Waals surface area contributed by atoms with Crippen LogP contribution in [-0.2, 0) is 36.8 Å². The minimum Gasteiger partial charge on any atom is -0.450 e. The minimum absolute atomic E-state index is 0.00384. The molecule has 8 fully saturated rings. The summed E-state index contributed by atoms with van der Waals surface area (Å²) in [6.45, 7) is 20.2. The maximum Gasteiger partial charge on any atom is 0.409 e. The maximum absolute atomic E-state index is 12.7. The smallest absolute Gasteiger partial charge is 0.409 e. The summed E-state index contributed by atoms with van der Waals surface area (Å²) in [6, 6.07) is 6.59. The zero-order chi connectivity index (χ0) is 98.3. The first-order chi connectivity index (χ1) is 66.9. The lowest BCUT2D eigenvalue weighted by atomic mass is 9.70. The summed E-state index contributed by atoms with van der Waals surface area (Å²) in [5, 5.41) is 22.0. The number of aromatic nitrogens is 10. The van der Waals surface area contributed by atoms with Crippen molar-refractivity contribution in [2.24, 2.45) is 66.2 Å². The average molecular weight is 1920 g/mol. The van der Waals surface area contributed by atoms with Crippen LogP contribution in [0.3, 0.4) is 0 Å². The minimum atomic E-state index is -0.561. The highest BCUT2D eigenvalue weighted by Gasteiger charge is 2.34. The van der Waals surface area contributed by atoms with Crippen molar-refractivity contribution in [1.82, 2.24) is 54.7 Å². The number of carbonyl (C=O) groups is 1. The standard InChI is InChI=1S/C23H29N3O4.C21H28N4O6.C20H27N3O4.C19H25N3O4.C18H21N3O4/c27-19-13-16(8-3-5-14-11-12-14)20-21(28)24-23(25-22(20)29-19)30-26-18-10-4-7-15-6-1-2-9-17(15)18;1-4-29-21(28)25-10-8-15(9-11-25)24-31-20-22-18(27)17-14(7-5-6-13(2)3)12-16(26)30-19(17)23-20;1-20(2,3)11-7-8-13-12-15(24)26-18-16(13)17(25)21-19(22-18)27-23-14-9-5-4-6-10-14;1-19(2,3)10-6-7-12-11-14(23)25-17-15(12)16(24)20-18(21-17)26-22-13-8-4-5-9-13;22-14-10-12(9-8-11-4-1-2-5-11)15-16(23)19-18(20-17(15)24-14)25-21-13-6-3-7-13/h13-15,17H,1-12H2,(H,24,25,28);12-13H,4-11H2,1-3H3,(H,22,23,27);12H,4-11H2,1-3H3,(H,21,22,25);11H,4-10H2,1-3H3,(H,20,21,24);10-11H,1-9H2,(H,19,20,23)/b26-18+;;;;. The Morgan fingerprint density at radius 3 is 1.08 bits per heavy atom. The van der Waals surface area contributed by atoms with Crippen molar-refractivity contribution < 1.29 is 55.8 Å². The van der Waals surface area contributed by atoms with E-state index in [-0.39, 0.29) is 103 Å². The van der Waals surface area contributed by atoms with Gasteiger partial charge in [-0.05, 0) is 249 Å². The fourth-order valence-corrected chi connectivity index (χ4v) is 18.8. The highest BCUT2D eigenvalue weighted by atomic mass is 16.7. The maximum atomic E-state index is 12.7. The molecule has 38 nitrogen and oxygen atoms in total. The number of nitrogens with zero attached hydrogens (tertiary/aromatic N) is 11. The van der Waals surface area contributed by atoms with Crippen molar-refractivity contribution in [3.05, 3.63) is 162 Å². The lowest BCUT2D eigenvalue weighted by molar-refractivity contribution is 0.107. The number of nitrogens with one attached hydrogen (secondary N) is 5. The molecule has 5 N–H and O–H groups in total. The summed E-state index contributed by atoms with van der Waals surface area (Å²) >= 11 is 0. The number of hydrogen-bond acceptors (Lipinski definition) is 32. The van der Waals surface area contributed by atoms with E-state index < -0.39 is 33.7 Å². The van der Waals surface area contributed by atoms with Crippen LogP contribution in [0.2, 0.25) is 0 Å². The summed E-state index contributed by atoms with van der Waals surface area (Å²) in [6.07, 6.45) is 40.4.